The highest BCUT2D eigenvalue weighted by molar-refractivity contribution is 8.18. The molecule has 1 saturated heterocycles. The standard InChI is InChI=1S/C24H17ClFNO5S/c1-2-31-23(29)15-6-3-5-14(11-15)20-10-9-16(32-20)12-21-22(28)27(24(30)33-21)13-17-18(25)7-4-8-19(17)26/h3-12H,2,13H2,1H3/b21-12-. The van der Waals surface area contributed by atoms with Crippen molar-refractivity contribution < 1.29 is 27.9 Å². The molecule has 9 heteroatoms. The molecule has 1 aromatic heterocycles. The maximum atomic E-state index is 14.1. The largest absolute Gasteiger partial charge is 0.462 e. The Labute approximate surface area is 198 Å². The zero-order chi connectivity index (χ0) is 23.5. The first kappa shape index (κ1) is 22.8. The lowest BCUT2D eigenvalue weighted by Crippen LogP contribution is -2.28. The van der Waals surface area contributed by atoms with E-state index >= 15 is 0 Å². The average molecular weight is 486 g/mol. The summed E-state index contributed by atoms with van der Waals surface area (Å²) < 4.78 is 24.9. The molecule has 168 valence electrons. The topological polar surface area (TPSA) is 76.8 Å². The van der Waals surface area contributed by atoms with Crippen LogP contribution in [0.3, 0.4) is 0 Å². The van der Waals surface area contributed by atoms with Crippen LogP contribution in [0.15, 0.2) is 63.9 Å². The average Bonchev–Trinajstić information content (AvgIpc) is 3.36. The van der Waals surface area contributed by atoms with Crippen molar-refractivity contribution in [1.29, 1.82) is 0 Å². The molecule has 0 saturated carbocycles. The number of halogens is 2. The first-order chi connectivity index (χ1) is 15.9. The molecule has 1 aliphatic rings. The van der Waals surface area contributed by atoms with Gasteiger partial charge in [-0.2, -0.15) is 0 Å². The second-order valence-electron chi connectivity index (χ2n) is 6.97. The van der Waals surface area contributed by atoms with Crippen LogP contribution in [0.25, 0.3) is 17.4 Å². The Bertz CT molecular complexity index is 1270. The van der Waals surface area contributed by atoms with Gasteiger partial charge in [-0.3, -0.25) is 14.5 Å². The summed E-state index contributed by atoms with van der Waals surface area (Å²) >= 11 is 6.76. The van der Waals surface area contributed by atoms with E-state index in [9.17, 15) is 18.8 Å². The SMILES string of the molecule is CCOC(=O)c1cccc(-c2ccc(/C=C3\SC(=O)N(Cc4c(F)cccc4Cl)C3=O)o2)c1. The van der Waals surface area contributed by atoms with Crippen molar-refractivity contribution in [3.05, 3.63) is 87.2 Å². The molecule has 0 spiro atoms. The molecule has 0 bridgehead atoms. The third-order valence-corrected chi connectivity index (χ3v) is 6.07. The minimum Gasteiger partial charge on any atom is -0.462 e. The van der Waals surface area contributed by atoms with Gasteiger partial charge in [-0.05, 0) is 55.1 Å². The lowest BCUT2D eigenvalue weighted by atomic mass is 10.1. The fourth-order valence-electron chi connectivity index (χ4n) is 3.21. The summed E-state index contributed by atoms with van der Waals surface area (Å²) in [7, 11) is 0. The van der Waals surface area contributed by atoms with Crippen molar-refractivity contribution in [3.8, 4) is 11.3 Å². The van der Waals surface area contributed by atoms with Crippen LogP contribution >= 0.6 is 23.4 Å². The maximum Gasteiger partial charge on any atom is 0.338 e. The first-order valence-electron chi connectivity index (χ1n) is 9.93. The number of carbonyl (C=O) groups is 3. The van der Waals surface area contributed by atoms with Gasteiger partial charge in [0.15, 0.2) is 0 Å². The molecule has 3 aromatic rings. The number of ether oxygens (including phenoxy) is 1. The van der Waals surface area contributed by atoms with Gasteiger partial charge in [0.05, 0.1) is 23.6 Å². The van der Waals surface area contributed by atoms with Crippen molar-refractivity contribution >= 4 is 46.6 Å². The highest BCUT2D eigenvalue weighted by Gasteiger charge is 2.36. The summed E-state index contributed by atoms with van der Waals surface area (Å²) in [5.41, 5.74) is 1.12. The van der Waals surface area contributed by atoms with Crippen LogP contribution in [0.2, 0.25) is 5.02 Å². The molecule has 33 heavy (non-hydrogen) atoms. The van der Waals surface area contributed by atoms with Gasteiger partial charge in [-0.15, -0.1) is 0 Å². The molecule has 4 rings (SSSR count). The van der Waals surface area contributed by atoms with Gasteiger partial charge in [0.2, 0.25) is 0 Å². The van der Waals surface area contributed by atoms with Crippen LogP contribution < -0.4 is 0 Å². The molecule has 2 amide bonds. The molecule has 6 nitrogen and oxygen atoms in total. The molecule has 1 aliphatic heterocycles. The first-order valence-corrected chi connectivity index (χ1v) is 11.1. The van der Waals surface area contributed by atoms with Crippen LogP contribution in [0.5, 0.6) is 0 Å². The number of esters is 1. The molecule has 0 unspecified atom stereocenters. The van der Waals surface area contributed by atoms with Gasteiger partial charge in [-0.1, -0.05) is 29.8 Å². The van der Waals surface area contributed by atoms with Crippen LogP contribution in [0.1, 0.15) is 28.6 Å². The highest BCUT2D eigenvalue weighted by atomic mass is 35.5. The number of benzene rings is 2. The maximum absolute atomic E-state index is 14.1. The minimum absolute atomic E-state index is 0.0736. The molecule has 0 atom stereocenters. The minimum atomic E-state index is -0.591. The number of thioether (sulfide) groups is 1. The second-order valence-corrected chi connectivity index (χ2v) is 8.37. The molecular formula is C24H17ClFNO5S. The van der Waals surface area contributed by atoms with Crippen molar-refractivity contribution in [2.75, 3.05) is 6.61 Å². The van der Waals surface area contributed by atoms with Crippen molar-refractivity contribution in [3.63, 3.8) is 0 Å². The zero-order valence-electron chi connectivity index (χ0n) is 17.3. The molecule has 2 heterocycles. The number of nitrogens with zero attached hydrogens (tertiary/aromatic N) is 1. The van der Waals surface area contributed by atoms with E-state index in [0.717, 1.165) is 16.7 Å². The van der Waals surface area contributed by atoms with E-state index in [1.54, 1.807) is 43.3 Å². The van der Waals surface area contributed by atoms with E-state index in [1.807, 2.05) is 0 Å². The highest BCUT2D eigenvalue weighted by Crippen LogP contribution is 2.35. The zero-order valence-corrected chi connectivity index (χ0v) is 18.9. The van der Waals surface area contributed by atoms with Gasteiger partial charge >= 0.3 is 5.97 Å². The van der Waals surface area contributed by atoms with Gasteiger partial charge < -0.3 is 9.15 Å². The van der Waals surface area contributed by atoms with Gasteiger partial charge in [0.25, 0.3) is 11.1 Å². The smallest absolute Gasteiger partial charge is 0.338 e. The number of hydrogen-bond acceptors (Lipinski definition) is 6. The Hall–Kier alpha value is -3.36. The summed E-state index contributed by atoms with van der Waals surface area (Å²) in [6.45, 7) is 1.73. The van der Waals surface area contributed by atoms with Gasteiger partial charge in [-0.25, -0.2) is 9.18 Å². The van der Waals surface area contributed by atoms with E-state index in [1.165, 1.54) is 24.3 Å². The Morgan fingerprint density at radius 1 is 1.18 bits per heavy atom. The fraction of sp³-hybridized carbons (Fsp3) is 0.125. The normalized spacial score (nSPS) is 14.9. The predicted molar refractivity (Wildman–Crippen MR) is 123 cm³/mol. The number of furan rings is 1. The number of rotatable bonds is 6. The molecule has 0 N–H and O–H groups in total. The quantitative estimate of drug-likeness (QED) is 0.308. The van der Waals surface area contributed by atoms with E-state index in [-0.39, 0.29) is 28.6 Å². The summed E-state index contributed by atoms with van der Waals surface area (Å²) in [6.07, 6.45) is 1.45. The summed E-state index contributed by atoms with van der Waals surface area (Å²) in [5.74, 6) is -0.765. The van der Waals surface area contributed by atoms with Crippen LogP contribution in [0, 0.1) is 5.82 Å². The monoisotopic (exact) mass is 485 g/mol. The third-order valence-electron chi connectivity index (χ3n) is 4.81. The molecule has 0 radical (unpaired) electrons. The van der Waals surface area contributed by atoms with Crippen molar-refractivity contribution in [2.24, 2.45) is 0 Å². The summed E-state index contributed by atoms with van der Waals surface area (Å²) in [4.78, 5) is 38.2. The molecular weight excluding hydrogens is 469 g/mol. The van der Waals surface area contributed by atoms with E-state index < -0.39 is 22.9 Å². The Morgan fingerprint density at radius 3 is 2.73 bits per heavy atom. The lowest BCUT2D eigenvalue weighted by Gasteiger charge is -2.14. The van der Waals surface area contributed by atoms with Crippen molar-refractivity contribution in [1.82, 2.24) is 4.90 Å². The summed E-state index contributed by atoms with van der Waals surface area (Å²) in [6, 6.07) is 14.3. The second kappa shape index (κ2) is 9.64. The predicted octanol–water partition coefficient (Wildman–Crippen LogP) is 6.15. The Morgan fingerprint density at radius 2 is 1.97 bits per heavy atom. The third kappa shape index (κ3) is 4.86. The van der Waals surface area contributed by atoms with E-state index in [2.05, 4.69) is 0 Å². The number of amides is 2. The number of imide groups is 1. The number of hydrogen-bond donors (Lipinski definition) is 0. The van der Waals surface area contributed by atoms with E-state index in [0.29, 0.717) is 22.6 Å². The molecule has 0 aliphatic carbocycles. The van der Waals surface area contributed by atoms with E-state index in [4.69, 9.17) is 20.8 Å². The number of carbonyl (C=O) groups excluding carboxylic acids is 3. The molecule has 1 fully saturated rings. The lowest BCUT2D eigenvalue weighted by molar-refractivity contribution is -0.123. The summed E-state index contributed by atoms with van der Waals surface area (Å²) in [5, 5.41) is -0.391. The Kier molecular flexibility index (Phi) is 6.67. The fourth-order valence-corrected chi connectivity index (χ4v) is 4.25. The van der Waals surface area contributed by atoms with Gasteiger partial charge in [0.1, 0.15) is 17.3 Å². The van der Waals surface area contributed by atoms with Crippen LogP contribution in [0.4, 0.5) is 9.18 Å². The van der Waals surface area contributed by atoms with Crippen LogP contribution in [-0.2, 0) is 16.1 Å². The van der Waals surface area contributed by atoms with Crippen LogP contribution in [-0.4, -0.2) is 28.6 Å². The molecule has 2 aromatic carbocycles. The Balaban J connectivity index is 1.54. The van der Waals surface area contributed by atoms with Crippen molar-refractivity contribution in [2.45, 2.75) is 13.5 Å². The van der Waals surface area contributed by atoms with Gasteiger partial charge in [0, 0.05) is 22.2 Å².